The highest BCUT2D eigenvalue weighted by molar-refractivity contribution is 7.92. The van der Waals surface area contributed by atoms with Gasteiger partial charge in [-0.2, -0.15) is 0 Å². The molecular formula is C25H26FN5O3S. The van der Waals surface area contributed by atoms with Crippen molar-refractivity contribution in [1.29, 1.82) is 10.8 Å². The summed E-state index contributed by atoms with van der Waals surface area (Å²) in [5.41, 5.74) is 2.01. The van der Waals surface area contributed by atoms with Crippen LogP contribution in [-0.2, 0) is 27.2 Å². The molecule has 0 saturated carbocycles. The third-order valence-electron chi connectivity index (χ3n) is 5.39. The monoisotopic (exact) mass is 495 g/mol. The number of hydrogen-bond acceptors (Lipinski definition) is 8. The van der Waals surface area contributed by atoms with Crippen LogP contribution in [0.1, 0.15) is 30.7 Å². The lowest BCUT2D eigenvalue weighted by atomic mass is 10.1. The predicted molar refractivity (Wildman–Crippen MR) is 132 cm³/mol. The second-order valence-corrected chi connectivity index (χ2v) is 10.4. The maximum absolute atomic E-state index is 14.6. The Morgan fingerprint density at radius 3 is 2.54 bits per heavy atom. The van der Waals surface area contributed by atoms with Gasteiger partial charge in [-0.25, -0.2) is 9.37 Å². The van der Waals surface area contributed by atoms with Gasteiger partial charge in [-0.05, 0) is 67.0 Å². The zero-order valence-corrected chi connectivity index (χ0v) is 20.2. The predicted octanol–water partition coefficient (Wildman–Crippen LogP) is 3.65. The van der Waals surface area contributed by atoms with Crippen molar-refractivity contribution in [2.45, 2.75) is 36.6 Å². The highest BCUT2D eigenvalue weighted by atomic mass is 32.2. The largest absolute Gasteiger partial charge is 0.611 e. The molecule has 8 nitrogen and oxygen atoms in total. The zero-order valence-electron chi connectivity index (χ0n) is 19.4. The van der Waals surface area contributed by atoms with Gasteiger partial charge in [-0.1, -0.05) is 6.07 Å². The molecule has 2 aromatic carbocycles. The molecule has 1 aliphatic heterocycles. The molecule has 0 bridgehead atoms. The molecule has 1 aliphatic rings. The molecule has 3 N–H and O–H groups in total. The number of ether oxygens (including phenoxy) is 2. The van der Waals surface area contributed by atoms with Crippen LogP contribution in [-0.4, -0.2) is 50.8 Å². The van der Waals surface area contributed by atoms with Gasteiger partial charge in [0.15, 0.2) is 4.90 Å². The lowest BCUT2D eigenvalue weighted by Gasteiger charge is -2.27. The van der Waals surface area contributed by atoms with E-state index in [2.05, 4.69) is 15.3 Å². The van der Waals surface area contributed by atoms with Crippen molar-refractivity contribution in [1.82, 2.24) is 15.3 Å². The van der Waals surface area contributed by atoms with E-state index >= 15 is 0 Å². The molecular weight excluding hydrogens is 469 g/mol. The molecule has 2 heterocycles. The van der Waals surface area contributed by atoms with Gasteiger partial charge >= 0.3 is 0 Å². The fourth-order valence-corrected chi connectivity index (χ4v) is 4.27. The number of nitrogens with one attached hydrogen (secondary N) is 3. The van der Waals surface area contributed by atoms with Gasteiger partial charge in [0, 0.05) is 12.1 Å². The normalized spacial score (nSPS) is 14.4. The average molecular weight is 496 g/mol. The van der Waals surface area contributed by atoms with Gasteiger partial charge in [-0.15, -0.1) is 0 Å². The Morgan fingerprint density at radius 2 is 1.91 bits per heavy atom. The quantitative estimate of drug-likeness (QED) is 0.249. The van der Waals surface area contributed by atoms with Gasteiger partial charge in [0.1, 0.15) is 16.8 Å². The van der Waals surface area contributed by atoms with Crippen LogP contribution in [0, 0.1) is 16.6 Å². The van der Waals surface area contributed by atoms with Gasteiger partial charge < -0.3 is 19.3 Å². The fourth-order valence-electron chi connectivity index (χ4n) is 3.32. The summed E-state index contributed by atoms with van der Waals surface area (Å²) in [7, 11) is 0. The molecule has 4 rings (SSSR count). The van der Waals surface area contributed by atoms with Crippen molar-refractivity contribution in [3.63, 3.8) is 0 Å². The van der Waals surface area contributed by atoms with E-state index in [-0.39, 0.29) is 22.5 Å². The minimum atomic E-state index is -1.09. The third kappa shape index (κ3) is 6.09. The molecule has 0 spiro atoms. The van der Waals surface area contributed by atoms with Crippen LogP contribution in [0.15, 0.2) is 59.8 Å². The summed E-state index contributed by atoms with van der Waals surface area (Å²) < 4.78 is 37.3. The maximum atomic E-state index is 14.6. The SMILES string of the molecule is CC(C)[S+]([O-])c1ccc(-c2cncc(C(=N)OC(=N)c3ccc(CNC4COC4)cc3F)n2)cc1. The first kappa shape index (κ1) is 24.9. The molecule has 3 aromatic rings. The number of nitrogens with zero attached hydrogens (tertiary/aromatic N) is 2. The second kappa shape index (κ2) is 11.0. The summed E-state index contributed by atoms with van der Waals surface area (Å²) in [5.74, 6) is -1.52. The summed E-state index contributed by atoms with van der Waals surface area (Å²) in [6.07, 6.45) is 2.88. The lowest BCUT2D eigenvalue weighted by molar-refractivity contribution is -0.00579. The van der Waals surface area contributed by atoms with E-state index in [0.29, 0.717) is 25.5 Å². The van der Waals surface area contributed by atoms with E-state index in [1.165, 1.54) is 18.3 Å². The van der Waals surface area contributed by atoms with Crippen LogP contribution in [0.3, 0.4) is 0 Å². The van der Waals surface area contributed by atoms with Crippen LogP contribution < -0.4 is 5.32 Å². The molecule has 0 amide bonds. The van der Waals surface area contributed by atoms with Crippen LogP contribution >= 0.6 is 0 Å². The summed E-state index contributed by atoms with van der Waals surface area (Å²) in [6.45, 7) is 5.58. The first-order valence-electron chi connectivity index (χ1n) is 11.1. The molecule has 1 saturated heterocycles. The molecule has 1 unspecified atom stereocenters. The number of rotatable bonds is 8. The standard InChI is InChI=1S/C25H26FN5O3S/c1-15(2)35(32)19-6-4-17(5-7-19)22-11-29-12-23(31-22)25(28)34-24(27)20-8-3-16(9-21(20)26)10-30-18-13-33-14-18/h3-9,11-12,15,18,27-28,30H,10,13-14H2,1-2H3. The van der Waals surface area contributed by atoms with Crippen LogP contribution in [0.4, 0.5) is 4.39 Å². The molecule has 10 heteroatoms. The van der Waals surface area contributed by atoms with E-state index in [9.17, 15) is 8.94 Å². The Labute approximate surface area is 206 Å². The molecule has 1 fully saturated rings. The molecule has 182 valence electrons. The molecule has 0 radical (unpaired) electrons. The number of hydrogen-bond donors (Lipinski definition) is 3. The summed E-state index contributed by atoms with van der Waals surface area (Å²) in [4.78, 5) is 9.23. The van der Waals surface area contributed by atoms with Crippen molar-refractivity contribution >= 4 is 23.0 Å². The van der Waals surface area contributed by atoms with Gasteiger partial charge in [0.25, 0.3) is 0 Å². The van der Waals surface area contributed by atoms with E-state index in [0.717, 1.165) is 16.0 Å². The van der Waals surface area contributed by atoms with Gasteiger partial charge in [-0.3, -0.25) is 15.8 Å². The Bertz CT molecular complexity index is 1220. The van der Waals surface area contributed by atoms with E-state index in [4.69, 9.17) is 20.3 Å². The topological polar surface area (TPSA) is 127 Å². The van der Waals surface area contributed by atoms with Gasteiger partial charge in [0.2, 0.25) is 11.8 Å². The lowest BCUT2D eigenvalue weighted by Crippen LogP contribution is -2.45. The highest BCUT2D eigenvalue weighted by Crippen LogP contribution is 2.22. The second-order valence-electron chi connectivity index (χ2n) is 8.35. The maximum Gasteiger partial charge on any atom is 0.241 e. The minimum Gasteiger partial charge on any atom is -0.611 e. The average Bonchev–Trinajstić information content (AvgIpc) is 2.82. The van der Waals surface area contributed by atoms with E-state index in [1.54, 1.807) is 36.5 Å². The molecule has 0 aliphatic carbocycles. The van der Waals surface area contributed by atoms with Crippen molar-refractivity contribution in [2.24, 2.45) is 0 Å². The third-order valence-corrected chi connectivity index (χ3v) is 6.99. The number of halogens is 1. The van der Waals surface area contributed by atoms with Gasteiger partial charge in [0.05, 0.1) is 42.9 Å². The molecule has 35 heavy (non-hydrogen) atoms. The van der Waals surface area contributed by atoms with Crippen LogP contribution in [0.5, 0.6) is 0 Å². The molecule has 1 aromatic heterocycles. The minimum absolute atomic E-state index is 0.0112. The fraction of sp³-hybridized carbons (Fsp3) is 0.280. The smallest absolute Gasteiger partial charge is 0.241 e. The van der Waals surface area contributed by atoms with E-state index < -0.39 is 28.8 Å². The van der Waals surface area contributed by atoms with Crippen molar-refractivity contribution in [2.75, 3.05) is 13.2 Å². The van der Waals surface area contributed by atoms with Crippen molar-refractivity contribution in [3.05, 3.63) is 77.5 Å². The van der Waals surface area contributed by atoms with Crippen LogP contribution in [0.25, 0.3) is 11.3 Å². The zero-order chi connectivity index (χ0) is 24.9. The Hall–Kier alpha value is -3.18. The number of benzene rings is 2. The summed E-state index contributed by atoms with van der Waals surface area (Å²) in [5, 5.41) is 19.6. The van der Waals surface area contributed by atoms with Crippen molar-refractivity contribution < 1.29 is 18.4 Å². The first-order chi connectivity index (χ1) is 16.8. The molecule has 1 atom stereocenters. The van der Waals surface area contributed by atoms with Crippen LogP contribution in [0.2, 0.25) is 0 Å². The Kier molecular flexibility index (Phi) is 7.86. The van der Waals surface area contributed by atoms with Crippen molar-refractivity contribution in [3.8, 4) is 11.3 Å². The number of aromatic nitrogens is 2. The van der Waals surface area contributed by atoms with E-state index in [1.807, 2.05) is 13.8 Å². The summed E-state index contributed by atoms with van der Waals surface area (Å²) in [6, 6.07) is 11.9. The Morgan fingerprint density at radius 1 is 1.17 bits per heavy atom. The summed E-state index contributed by atoms with van der Waals surface area (Å²) >= 11 is -1.09. The first-order valence-corrected chi connectivity index (χ1v) is 12.3. The Balaban J connectivity index is 1.41. The highest BCUT2D eigenvalue weighted by Gasteiger charge is 2.19.